The molecule has 0 heterocycles. The van der Waals surface area contributed by atoms with Gasteiger partial charge in [0.15, 0.2) is 0 Å². The number of hydrogen-bond acceptors (Lipinski definition) is 2. The Morgan fingerprint density at radius 3 is 1.05 bits per heavy atom. The molecule has 2 unspecified atom stereocenters. The lowest BCUT2D eigenvalue weighted by atomic mass is 9.69. The van der Waals surface area contributed by atoms with Gasteiger partial charge in [0.1, 0.15) is 0 Å². The van der Waals surface area contributed by atoms with Crippen LogP contribution in [0.15, 0.2) is 358 Å². The molecule has 528 valence electrons. The molecule has 22 rings (SSSR count). The third-order valence-electron chi connectivity index (χ3n) is 26.5. The maximum absolute atomic E-state index is 2.62. The van der Waals surface area contributed by atoms with Gasteiger partial charge in [-0.05, 0) is 247 Å². The number of rotatable bonds is 11. The van der Waals surface area contributed by atoms with Crippen LogP contribution < -0.4 is 9.80 Å². The van der Waals surface area contributed by atoms with Crippen molar-refractivity contribution in [3.05, 3.63) is 441 Å². The van der Waals surface area contributed by atoms with Gasteiger partial charge in [0.05, 0.1) is 16.5 Å². The third kappa shape index (κ3) is 9.20. The zero-order valence-corrected chi connectivity index (χ0v) is 63.7. The number of para-hydroxylation sites is 1. The summed E-state index contributed by atoms with van der Waals surface area (Å²) in [6.07, 6.45) is 0.819. The smallest absolute Gasteiger partial charge is 0.0726 e. The van der Waals surface area contributed by atoms with Crippen LogP contribution >= 0.6 is 0 Å². The second-order valence-corrected chi connectivity index (χ2v) is 33.6. The Kier molecular flexibility index (Phi) is 14.0. The molecule has 0 radical (unpaired) electrons. The van der Waals surface area contributed by atoms with Gasteiger partial charge in [-0.15, -0.1) is 0 Å². The van der Waals surface area contributed by atoms with Crippen molar-refractivity contribution >= 4 is 34.1 Å². The van der Waals surface area contributed by atoms with Gasteiger partial charge >= 0.3 is 0 Å². The predicted molar refractivity (Wildman–Crippen MR) is 462 cm³/mol. The van der Waals surface area contributed by atoms with Gasteiger partial charge in [0.25, 0.3) is 0 Å². The molecule has 0 aliphatic heterocycles. The quantitative estimate of drug-likeness (QED) is 0.127. The summed E-state index contributed by atoms with van der Waals surface area (Å²) in [5, 5.41) is 0. The van der Waals surface area contributed by atoms with Gasteiger partial charge in [-0.25, -0.2) is 0 Å². The summed E-state index contributed by atoms with van der Waals surface area (Å²) >= 11 is 0. The maximum atomic E-state index is 2.62. The second kappa shape index (κ2) is 23.8. The number of nitrogens with zero attached hydrogens (tertiary/aromatic N) is 2. The molecule has 2 heteroatoms. The Labute approximate surface area is 652 Å². The lowest BCUT2D eigenvalue weighted by Gasteiger charge is -2.34. The Morgan fingerprint density at radius 2 is 0.568 bits per heavy atom. The molecule has 6 aliphatic carbocycles. The van der Waals surface area contributed by atoms with Crippen molar-refractivity contribution in [3.63, 3.8) is 0 Å². The van der Waals surface area contributed by atoms with Crippen molar-refractivity contribution in [1.29, 1.82) is 0 Å². The summed E-state index contributed by atoms with van der Waals surface area (Å²) < 4.78 is 0. The van der Waals surface area contributed by atoms with Gasteiger partial charge in [-0.3, -0.25) is 0 Å². The van der Waals surface area contributed by atoms with E-state index in [9.17, 15) is 0 Å². The molecule has 16 aromatic rings. The zero-order valence-electron chi connectivity index (χ0n) is 63.7. The zero-order chi connectivity index (χ0) is 74.4. The number of fused-ring (bicyclic) bond motifs is 26. The van der Waals surface area contributed by atoms with Crippen LogP contribution in [0.3, 0.4) is 0 Å². The predicted octanol–water partition coefficient (Wildman–Crippen LogP) is 28.1. The van der Waals surface area contributed by atoms with Crippen molar-refractivity contribution in [3.8, 4) is 89.0 Å². The van der Waals surface area contributed by atoms with Crippen molar-refractivity contribution in [2.75, 3.05) is 9.80 Å². The van der Waals surface area contributed by atoms with Gasteiger partial charge < -0.3 is 9.80 Å². The van der Waals surface area contributed by atoms with E-state index in [0.717, 1.165) is 40.5 Å². The van der Waals surface area contributed by atoms with Crippen LogP contribution in [0.2, 0.25) is 0 Å². The van der Waals surface area contributed by atoms with E-state index in [-0.39, 0.29) is 16.2 Å². The Balaban J connectivity index is 0.667. The topological polar surface area (TPSA) is 6.48 Å². The molecule has 0 saturated carbocycles. The normalized spacial score (nSPS) is 16.5. The van der Waals surface area contributed by atoms with Crippen LogP contribution in [0.4, 0.5) is 34.1 Å². The van der Waals surface area contributed by atoms with E-state index in [2.05, 4.69) is 416 Å². The van der Waals surface area contributed by atoms with Crippen molar-refractivity contribution < 1.29 is 0 Å². The molecule has 0 aromatic heterocycles. The molecule has 0 N–H and O–H groups in total. The Bertz CT molecular complexity index is 6590. The van der Waals surface area contributed by atoms with E-state index < -0.39 is 10.8 Å². The SMILES string of the molecule is Cc1ccc2c(c1)C1(c3ccccc3-2)c2ccccc2-c2ccc(N(c3ccc4c(c3)C(C)(C)c3ccccc3-4)c3ccccc3-c3cccc(CC(C)(C)c4ccc5c(c4)C4(c6ccccc6-c6ccc(N(c7ccc(-c8ccccc8)cc7)c7ccc8c(c7)C(C)(C)c7ccccc7-8)cc64)c4ccccc4-5)c3)cc21. The van der Waals surface area contributed by atoms with E-state index in [4.69, 9.17) is 0 Å². The van der Waals surface area contributed by atoms with E-state index in [1.54, 1.807) is 0 Å². The number of hydrogen-bond donors (Lipinski definition) is 0. The molecule has 111 heavy (non-hydrogen) atoms. The van der Waals surface area contributed by atoms with Crippen LogP contribution in [0.1, 0.15) is 125 Å². The van der Waals surface area contributed by atoms with Crippen LogP contribution in [0.25, 0.3) is 89.0 Å². The largest absolute Gasteiger partial charge is 0.310 e. The Hall–Kier alpha value is -12.9. The van der Waals surface area contributed by atoms with Gasteiger partial charge in [-0.1, -0.05) is 338 Å². The van der Waals surface area contributed by atoms with Gasteiger partial charge in [-0.2, -0.15) is 0 Å². The fourth-order valence-electron chi connectivity index (χ4n) is 21.4. The summed E-state index contributed by atoms with van der Waals surface area (Å²) in [5.41, 5.74) is 45.3. The molecule has 0 fully saturated rings. The average molecular weight is 1420 g/mol. The first-order valence-corrected chi connectivity index (χ1v) is 39.6. The van der Waals surface area contributed by atoms with Crippen molar-refractivity contribution in [1.82, 2.24) is 0 Å². The maximum Gasteiger partial charge on any atom is 0.0726 e. The minimum Gasteiger partial charge on any atom is -0.310 e. The first-order chi connectivity index (χ1) is 54.2. The third-order valence-corrected chi connectivity index (χ3v) is 26.5. The molecule has 0 amide bonds. The number of anilines is 6. The number of benzene rings is 16. The fraction of sp³-hybridized carbons (Fsp3) is 0.119. The van der Waals surface area contributed by atoms with Gasteiger partial charge in [0, 0.05) is 44.8 Å². The lowest BCUT2D eigenvalue weighted by Crippen LogP contribution is -2.27. The summed E-state index contributed by atoms with van der Waals surface area (Å²) in [6.45, 7) is 16.8. The highest BCUT2D eigenvalue weighted by Gasteiger charge is 2.54. The molecule has 2 nitrogen and oxygen atoms in total. The van der Waals surface area contributed by atoms with Crippen LogP contribution in [-0.4, -0.2) is 0 Å². The highest BCUT2D eigenvalue weighted by Crippen LogP contribution is 2.67. The highest BCUT2D eigenvalue weighted by molar-refractivity contribution is 6.00. The van der Waals surface area contributed by atoms with Crippen molar-refractivity contribution in [2.24, 2.45) is 0 Å². The fourth-order valence-corrected chi connectivity index (χ4v) is 21.4. The van der Waals surface area contributed by atoms with Crippen LogP contribution in [0, 0.1) is 6.92 Å². The summed E-state index contributed by atoms with van der Waals surface area (Å²) in [6, 6.07) is 137. The first-order valence-electron chi connectivity index (χ1n) is 39.6. The molecule has 6 aliphatic rings. The second-order valence-electron chi connectivity index (χ2n) is 33.6. The molecule has 2 atom stereocenters. The molecule has 2 spiro atoms. The lowest BCUT2D eigenvalue weighted by molar-refractivity contribution is 0.521. The molecular weight excluding hydrogens is 1340 g/mol. The van der Waals surface area contributed by atoms with Crippen LogP contribution in [0.5, 0.6) is 0 Å². The van der Waals surface area contributed by atoms with Gasteiger partial charge in [0.2, 0.25) is 0 Å². The number of aryl methyl sites for hydroxylation is 1. The minimum atomic E-state index is -0.604. The monoisotopic (exact) mass is 1420 g/mol. The van der Waals surface area contributed by atoms with E-state index in [0.29, 0.717) is 0 Å². The summed E-state index contributed by atoms with van der Waals surface area (Å²) in [7, 11) is 0. The van der Waals surface area contributed by atoms with Crippen LogP contribution in [-0.2, 0) is 33.5 Å². The van der Waals surface area contributed by atoms with Crippen molar-refractivity contribution in [2.45, 2.75) is 82.0 Å². The standard InChI is InChI=1S/C109H82N2/c1-68-44-54-88-82-33-13-20-39-94(82)108(100(88)60-68)95-40-21-15-35-84(95)91-59-53-78(66-103(91)108)111(77-52-57-87-81-32-12-19-38-93(81)107(6,7)99(87)64-77)104-43-24-17-30-79(104)72-29-25-26-69(61-72)67-105(2,3)73-47-55-89-83-34-14-22-41-96(83)109(101(89)62-73)97-42-23-16-36-85(97)90-58-51-76(65-102(90)109)110(74-48-45-71(46-49-74)70-27-9-8-10-28-70)75-50-56-86-80-31-11-18-37-92(80)106(4,5)98(86)63-75/h8-66H,67H2,1-7H3. The van der Waals surface area contributed by atoms with E-state index in [1.165, 1.54) is 172 Å². The summed E-state index contributed by atoms with van der Waals surface area (Å²) in [4.78, 5) is 5.09. The first kappa shape index (κ1) is 65.2. The average Bonchev–Trinajstić information content (AvgIpc) is 1.51. The van der Waals surface area contributed by atoms with E-state index in [1.807, 2.05) is 0 Å². The molecule has 0 bridgehead atoms. The molecular formula is C109H82N2. The minimum absolute atomic E-state index is 0.177. The summed E-state index contributed by atoms with van der Waals surface area (Å²) in [5.74, 6) is 0. The molecule has 16 aromatic carbocycles. The molecule has 0 saturated heterocycles. The highest BCUT2D eigenvalue weighted by atomic mass is 15.2. The van der Waals surface area contributed by atoms with E-state index >= 15 is 0 Å². The Morgan fingerprint density at radius 1 is 0.234 bits per heavy atom.